The fourth-order valence-electron chi connectivity index (χ4n) is 2.14. The molecule has 0 aliphatic carbocycles. The Hall–Kier alpha value is -2.64. The Labute approximate surface area is 128 Å². The van der Waals surface area contributed by atoms with Crippen molar-refractivity contribution in [2.75, 3.05) is 19.5 Å². The molecule has 1 N–H and O–H groups in total. The third-order valence-electron chi connectivity index (χ3n) is 3.20. The van der Waals surface area contributed by atoms with Crippen molar-refractivity contribution in [3.8, 4) is 5.88 Å². The second-order valence-electron chi connectivity index (χ2n) is 4.56. The molecule has 0 saturated carbocycles. The summed E-state index contributed by atoms with van der Waals surface area (Å²) in [4.78, 5) is 11.3. The highest BCUT2D eigenvalue weighted by molar-refractivity contribution is 5.86. The predicted molar refractivity (Wildman–Crippen MR) is 79.8 cm³/mol. The molecule has 0 atom stereocenters. The average Bonchev–Trinajstić information content (AvgIpc) is 2.87. The molecule has 8 heteroatoms. The van der Waals surface area contributed by atoms with Crippen LogP contribution in [0.15, 0.2) is 12.1 Å². The zero-order chi connectivity index (χ0) is 16.1. The highest BCUT2D eigenvalue weighted by Gasteiger charge is 2.15. The Balaban J connectivity index is 2.11. The molecule has 0 aliphatic rings. The number of aryl methyl sites for hydroxylation is 2. The van der Waals surface area contributed by atoms with E-state index in [2.05, 4.69) is 25.3 Å². The summed E-state index contributed by atoms with van der Waals surface area (Å²) in [6, 6.07) is 3.23. The van der Waals surface area contributed by atoms with E-state index in [1.165, 1.54) is 7.11 Å². The molecule has 0 saturated heterocycles. The number of rotatable bonds is 6. The minimum atomic E-state index is -0.513. The van der Waals surface area contributed by atoms with Crippen molar-refractivity contribution in [3.05, 3.63) is 29.1 Å². The van der Waals surface area contributed by atoms with Gasteiger partial charge in [-0.05, 0) is 18.6 Å². The molecule has 0 bridgehead atoms. The number of hydrogen-bond acceptors (Lipinski definition) is 7. The van der Waals surface area contributed by atoms with E-state index in [4.69, 9.17) is 4.74 Å². The second kappa shape index (κ2) is 6.88. The van der Waals surface area contributed by atoms with Gasteiger partial charge < -0.3 is 14.8 Å². The van der Waals surface area contributed by atoms with Crippen molar-refractivity contribution in [1.29, 1.82) is 0 Å². The van der Waals surface area contributed by atoms with Gasteiger partial charge in [-0.1, -0.05) is 6.92 Å². The van der Waals surface area contributed by atoms with Crippen LogP contribution in [0.4, 0.5) is 5.82 Å². The first kappa shape index (κ1) is 15.7. The van der Waals surface area contributed by atoms with Crippen LogP contribution in [0.3, 0.4) is 0 Å². The summed E-state index contributed by atoms with van der Waals surface area (Å²) in [6.45, 7) is 2.54. The van der Waals surface area contributed by atoms with Crippen LogP contribution in [0.5, 0.6) is 5.88 Å². The van der Waals surface area contributed by atoms with E-state index in [0.717, 1.165) is 17.7 Å². The quantitative estimate of drug-likeness (QED) is 0.801. The molecular formula is C14H19N5O3. The molecule has 0 aromatic carbocycles. The van der Waals surface area contributed by atoms with Crippen molar-refractivity contribution in [2.45, 2.75) is 19.9 Å². The molecule has 2 aromatic heterocycles. The molecule has 2 rings (SSSR count). The average molecular weight is 305 g/mol. The number of methoxy groups -OCH3 is 2. The van der Waals surface area contributed by atoms with Crippen molar-refractivity contribution < 1.29 is 14.3 Å². The molecule has 118 valence electrons. The summed E-state index contributed by atoms with van der Waals surface area (Å²) in [5.74, 6) is 0.755. The van der Waals surface area contributed by atoms with Gasteiger partial charge in [0.1, 0.15) is 5.82 Å². The SMILES string of the molecule is CCc1nn(C)c(OC)c1CNc1ccc(C(=O)OC)nn1. The van der Waals surface area contributed by atoms with Crippen LogP contribution in [-0.4, -0.2) is 40.2 Å². The van der Waals surface area contributed by atoms with Crippen LogP contribution in [-0.2, 0) is 24.8 Å². The summed E-state index contributed by atoms with van der Waals surface area (Å²) < 4.78 is 11.7. The fourth-order valence-corrected chi connectivity index (χ4v) is 2.14. The molecule has 0 spiro atoms. The van der Waals surface area contributed by atoms with Crippen LogP contribution in [0.2, 0.25) is 0 Å². The minimum absolute atomic E-state index is 0.168. The van der Waals surface area contributed by atoms with Gasteiger partial charge >= 0.3 is 5.97 Å². The summed E-state index contributed by atoms with van der Waals surface area (Å²) >= 11 is 0. The number of hydrogen-bond donors (Lipinski definition) is 1. The molecule has 0 unspecified atom stereocenters. The molecule has 22 heavy (non-hydrogen) atoms. The lowest BCUT2D eigenvalue weighted by Crippen LogP contribution is -2.09. The first-order chi connectivity index (χ1) is 10.6. The lowest BCUT2D eigenvalue weighted by atomic mass is 10.2. The highest BCUT2D eigenvalue weighted by atomic mass is 16.5. The monoisotopic (exact) mass is 305 g/mol. The number of esters is 1. The molecule has 0 aliphatic heterocycles. The van der Waals surface area contributed by atoms with Crippen LogP contribution in [0.25, 0.3) is 0 Å². The standard InChI is InChI=1S/C14H19N5O3/c1-5-10-9(13(21-3)19(2)18-10)8-15-12-7-6-11(16-17-12)14(20)22-4/h6-7H,5,8H2,1-4H3,(H,15,17). The van der Waals surface area contributed by atoms with E-state index in [-0.39, 0.29) is 5.69 Å². The van der Waals surface area contributed by atoms with Crippen LogP contribution in [0, 0.1) is 0 Å². The molecule has 0 radical (unpaired) electrons. The number of carbonyl (C=O) groups is 1. The minimum Gasteiger partial charge on any atom is -0.481 e. The van der Waals surface area contributed by atoms with Crippen LogP contribution < -0.4 is 10.1 Å². The zero-order valence-corrected chi connectivity index (χ0v) is 13.1. The smallest absolute Gasteiger partial charge is 0.358 e. The maximum Gasteiger partial charge on any atom is 0.358 e. The number of aromatic nitrogens is 4. The van der Waals surface area contributed by atoms with Crippen molar-refractivity contribution in [1.82, 2.24) is 20.0 Å². The number of anilines is 1. The van der Waals surface area contributed by atoms with Gasteiger partial charge in [0.25, 0.3) is 0 Å². The first-order valence-corrected chi connectivity index (χ1v) is 6.85. The van der Waals surface area contributed by atoms with Crippen molar-refractivity contribution in [2.24, 2.45) is 7.05 Å². The summed E-state index contributed by atoms with van der Waals surface area (Å²) in [6.07, 6.45) is 0.807. The van der Waals surface area contributed by atoms with Gasteiger partial charge in [0, 0.05) is 13.6 Å². The zero-order valence-electron chi connectivity index (χ0n) is 13.1. The summed E-state index contributed by atoms with van der Waals surface area (Å²) in [5.41, 5.74) is 2.11. The van der Waals surface area contributed by atoms with Gasteiger partial charge in [0.2, 0.25) is 5.88 Å². The molecular weight excluding hydrogens is 286 g/mol. The van der Waals surface area contributed by atoms with E-state index < -0.39 is 5.97 Å². The molecule has 0 amide bonds. The Morgan fingerprint density at radius 2 is 2.09 bits per heavy atom. The van der Waals surface area contributed by atoms with E-state index in [1.807, 2.05) is 14.0 Å². The van der Waals surface area contributed by atoms with Gasteiger partial charge in [0.05, 0.1) is 25.5 Å². The van der Waals surface area contributed by atoms with E-state index in [1.54, 1.807) is 23.9 Å². The maximum atomic E-state index is 11.3. The number of nitrogens with one attached hydrogen (secondary N) is 1. The molecule has 2 aromatic rings. The Morgan fingerprint density at radius 3 is 2.64 bits per heavy atom. The highest BCUT2D eigenvalue weighted by Crippen LogP contribution is 2.22. The second-order valence-corrected chi connectivity index (χ2v) is 4.56. The van der Waals surface area contributed by atoms with Crippen molar-refractivity contribution >= 4 is 11.8 Å². The normalized spacial score (nSPS) is 10.4. The van der Waals surface area contributed by atoms with Crippen LogP contribution >= 0.6 is 0 Å². The lowest BCUT2D eigenvalue weighted by molar-refractivity contribution is 0.0593. The fraction of sp³-hybridized carbons (Fsp3) is 0.429. The van der Waals surface area contributed by atoms with Crippen LogP contribution in [0.1, 0.15) is 28.7 Å². The largest absolute Gasteiger partial charge is 0.481 e. The molecule has 8 nitrogen and oxygen atoms in total. The van der Waals surface area contributed by atoms with E-state index in [9.17, 15) is 4.79 Å². The third kappa shape index (κ3) is 3.16. The summed E-state index contributed by atoms with van der Waals surface area (Å²) in [5, 5.41) is 15.3. The Kier molecular flexibility index (Phi) is 4.92. The third-order valence-corrected chi connectivity index (χ3v) is 3.20. The molecule has 0 fully saturated rings. The van der Waals surface area contributed by atoms with Gasteiger partial charge in [0.15, 0.2) is 5.69 Å². The Bertz CT molecular complexity index is 651. The van der Waals surface area contributed by atoms with Gasteiger partial charge in [-0.15, -0.1) is 10.2 Å². The maximum absolute atomic E-state index is 11.3. The van der Waals surface area contributed by atoms with E-state index >= 15 is 0 Å². The van der Waals surface area contributed by atoms with Gasteiger partial charge in [-0.25, -0.2) is 9.48 Å². The predicted octanol–water partition coefficient (Wildman–Crippen LogP) is 1.18. The first-order valence-electron chi connectivity index (χ1n) is 6.85. The van der Waals surface area contributed by atoms with Gasteiger partial charge in [-0.2, -0.15) is 5.10 Å². The molecule has 2 heterocycles. The Morgan fingerprint density at radius 1 is 1.32 bits per heavy atom. The topological polar surface area (TPSA) is 91.2 Å². The number of carbonyl (C=O) groups excluding carboxylic acids is 1. The summed E-state index contributed by atoms with van der Waals surface area (Å²) in [7, 11) is 4.76. The lowest BCUT2D eigenvalue weighted by Gasteiger charge is -2.07. The number of ether oxygens (including phenoxy) is 2. The number of nitrogens with zero attached hydrogens (tertiary/aromatic N) is 4. The van der Waals surface area contributed by atoms with Crippen molar-refractivity contribution in [3.63, 3.8) is 0 Å². The van der Waals surface area contributed by atoms with E-state index in [0.29, 0.717) is 18.2 Å². The van der Waals surface area contributed by atoms with Gasteiger partial charge in [-0.3, -0.25) is 0 Å².